The van der Waals surface area contributed by atoms with Crippen molar-refractivity contribution in [3.8, 4) is 100 Å². The first-order chi connectivity index (χ1) is 62.9. The first-order valence-electron chi connectivity index (χ1n) is 44.4. The second-order valence-electron chi connectivity index (χ2n) is 35.3. The Bertz CT molecular complexity index is 7090. The zero-order valence-corrected chi connectivity index (χ0v) is 73.5. The predicted octanol–water partition coefficient (Wildman–Crippen LogP) is 31.5. The minimum atomic E-state index is -0.513. The van der Waals surface area contributed by atoms with Gasteiger partial charge in [-0.1, -0.05) is 394 Å². The highest BCUT2D eigenvalue weighted by Crippen LogP contribution is 2.66. The zero-order valence-electron chi connectivity index (χ0n) is 73.5. The van der Waals surface area contributed by atoms with Gasteiger partial charge in [0.1, 0.15) is 17.5 Å². The van der Waals surface area contributed by atoms with E-state index >= 15 is 0 Å². The van der Waals surface area contributed by atoms with Crippen molar-refractivity contribution in [2.24, 2.45) is 0 Å². The molecule has 2 heterocycles. The summed E-state index contributed by atoms with van der Waals surface area (Å²) < 4.78 is 42.3. The number of aryl methyl sites for hydroxylation is 6. The molecule has 0 unspecified atom stereocenters. The number of halogens is 3. The minimum Gasteiger partial charge on any atom is -0.265 e. The van der Waals surface area contributed by atoms with E-state index in [1.54, 1.807) is 36.4 Å². The van der Waals surface area contributed by atoms with Crippen LogP contribution in [0.5, 0.6) is 0 Å². The fraction of sp³-hybridized carbons (Fsp3) is 0.0968. The molecule has 0 saturated heterocycles. The van der Waals surface area contributed by atoms with E-state index in [0.29, 0.717) is 0 Å². The summed E-state index contributed by atoms with van der Waals surface area (Å²) >= 11 is 0. The van der Waals surface area contributed by atoms with Gasteiger partial charge in [-0.3, -0.25) is 9.97 Å². The maximum Gasteiger partial charge on any atom is 0.123 e. The molecule has 5 heteroatoms. The van der Waals surface area contributed by atoms with Gasteiger partial charge >= 0.3 is 0 Å². The Morgan fingerprint density at radius 1 is 0.209 bits per heavy atom. The van der Waals surface area contributed by atoms with Gasteiger partial charge in [0, 0.05) is 29.6 Å². The smallest absolute Gasteiger partial charge is 0.123 e. The van der Waals surface area contributed by atoms with Crippen LogP contribution in [0.15, 0.2) is 431 Å². The number of fused-ring (bicyclic) bond motifs is 26. The molecular weight excluding hydrogens is 1570 g/mol. The van der Waals surface area contributed by atoms with E-state index in [-0.39, 0.29) is 28.3 Å². The van der Waals surface area contributed by atoms with Crippen LogP contribution in [-0.4, -0.2) is 9.97 Å². The average Bonchev–Trinajstić information content (AvgIpc) is 1.51. The summed E-state index contributed by atoms with van der Waals surface area (Å²) in [5.41, 5.74) is 45.8. The van der Waals surface area contributed by atoms with Crippen LogP contribution in [0.2, 0.25) is 0 Å². The maximum absolute atomic E-state index is 14.5. The summed E-state index contributed by atoms with van der Waals surface area (Å²) in [6.45, 7) is 17.0. The molecule has 19 aromatic rings. The average molecular weight is 1670 g/mol. The fourth-order valence-electron chi connectivity index (χ4n) is 21.5. The summed E-state index contributed by atoms with van der Waals surface area (Å²) in [6.07, 6.45) is 5.53. The molecule has 0 amide bonds. The van der Waals surface area contributed by atoms with E-state index in [0.717, 1.165) is 44.6 Å². The number of aromatic nitrogens is 2. The van der Waals surface area contributed by atoms with Crippen molar-refractivity contribution in [1.29, 1.82) is 0 Å². The van der Waals surface area contributed by atoms with Crippen molar-refractivity contribution in [2.75, 3.05) is 0 Å². The lowest BCUT2D eigenvalue weighted by atomic mass is 9.67. The Kier molecular flexibility index (Phi) is 21.4. The van der Waals surface area contributed by atoms with Crippen LogP contribution in [0.25, 0.3) is 100 Å². The largest absolute Gasteiger partial charge is 0.265 e. The molecule has 0 radical (unpaired) electrons. The van der Waals surface area contributed by atoms with Crippen LogP contribution >= 0.6 is 0 Å². The zero-order chi connectivity index (χ0) is 88.3. The molecule has 2 aromatic heterocycles. The van der Waals surface area contributed by atoms with Gasteiger partial charge in [-0.05, 0) is 274 Å². The molecule has 6 aliphatic rings. The molecule has 2 spiro atoms. The van der Waals surface area contributed by atoms with Gasteiger partial charge in [0.25, 0.3) is 0 Å². The van der Waals surface area contributed by atoms with Crippen LogP contribution in [0.4, 0.5) is 13.2 Å². The SMILES string of the molecule is Cc1ccc(-c2ccccc2)nc1.Cc1ccc2c(c1)C(C)(C)c1cc(F)ccc1-2.Cc1ccc2c(c1)C(c1ccccc1)(c1ccccc1)c1cc(F)ccc1-2.Cc1ccc2c(c1)C1(c3ccccc3-c3ccccc31)c1cc(F)ccc1-2.Cc1cccc(-c2cccc3c2C2(c4ccccc4-c4ccccc42)c2ccccc2-3)c1.Cc1ccccc1-c1ccncc1. The van der Waals surface area contributed by atoms with Gasteiger partial charge in [0.05, 0.1) is 21.9 Å². The summed E-state index contributed by atoms with van der Waals surface area (Å²) in [5.74, 6) is -0.532. The molecule has 0 atom stereocenters. The number of nitrogens with zero attached hydrogens (tertiary/aromatic N) is 2. The van der Waals surface area contributed by atoms with E-state index < -0.39 is 10.8 Å². The van der Waals surface area contributed by atoms with Crippen LogP contribution in [0.1, 0.15) is 125 Å². The van der Waals surface area contributed by atoms with E-state index in [4.69, 9.17) is 0 Å². The van der Waals surface area contributed by atoms with Gasteiger partial charge < -0.3 is 0 Å². The normalized spacial score (nSPS) is 13.5. The molecule has 0 aliphatic heterocycles. The minimum absolute atomic E-state index is 0.0984. The third kappa shape index (κ3) is 14.0. The summed E-state index contributed by atoms with van der Waals surface area (Å²) in [4.78, 5) is 8.35. The molecule has 0 fully saturated rings. The number of pyridine rings is 2. The predicted molar refractivity (Wildman–Crippen MR) is 526 cm³/mol. The highest BCUT2D eigenvalue weighted by molar-refractivity contribution is 6.00. The highest BCUT2D eigenvalue weighted by atomic mass is 19.1. The fourth-order valence-corrected chi connectivity index (χ4v) is 21.5. The Hall–Kier alpha value is -15.2. The lowest BCUT2D eigenvalue weighted by Gasteiger charge is -2.34. The third-order valence-corrected chi connectivity index (χ3v) is 27.1. The molecule has 129 heavy (non-hydrogen) atoms. The van der Waals surface area contributed by atoms with Crippen molar-refractivity contribution < 1.29 is 13.2 Å². The second-order valence-corrected chi connectivity index (χ2v) is 35.3. The van der Waals surface area contributed by atoms with Gasteiger partial charge in [0.15, 0.2) is 0 Å². The summed E-state index contributed by atoms with van der Waals surface area (Å²) in [5, 5.41) is 0. The van der Waals surface area contributed by atoms with Gasteiger partial charge in [0.2, 0.25) is 0 Å². The molecule has 6 aliphatic carbocycles. The topological polar surface area (TPSA) is 25.8 Å². The number of rotatable bonds is 5. The number of benzene rings is 17. The maximum atomic E-state index is 14.5. The molecular formula is C124H95F3N2. The Labute approximate surface area is 755 Å². The molecule has 0 saturated carbocycles. The Morgan fingerprint density at radius 2 is 0.535 bits per heavy atom. The lowest BCUT2D eigenvalue weighted by Crippen LogP contribution is -2.28. The van der Waals surface area contributed by atoms with Crippen molar-refractivity contribution >= 4 is 0 Å². The molecule has 0 bridgehead atoms. The third-order valence-electron chi connectivity index (χ3n) is 27.1. The molecule has 0 N–H and O–H groups in total. The first-order valence-corrected chi connectivity index (χ1v) is 44.4. The van der Waals surface area contributed by atoms with Crippen molar-refractivity contribution in [3.63, 3.8) is 0 Å². The van der Waals surface area contributed by atoms with Crippen LogP contribution in [0, 0.1) is 59.0 Å². The second kappa shape index (κ2) is 33.6. The van der Waals surface area contributed by atoms with Crippen LogP contribution in [-0.2, 0) is 21.7 Å². The van der Waals surface area contributed by atoms with Gasteiger partial charge in [-0.2, -0.15) is 0 Å². The van der Waals surface area contributed by atoms with Crippen molar-refractivity contribution in [3.05, 3.63) is 560 Å². The molecule has 17 aromatic carbocycles. The lowest BCUT2D eigenvalue weighted by molar-refractivity contribution is 0.609. The van der Waals surface area contributed by atoms with Crippen molar-refractivity contribution in [1.82, 2.24) is 9.97 Å². The molecule has 2 nitrogen and oxygen atoms in total. The van der Waals surface area contributed by atoms with Gasteiger partial charge in [-0.15, -0.1) is 0 Å². The standard InChI is InChI=1S/C32H22.C26H17F.C26H19F.C16H15F.2C12H11N/c1-21-10-8-11-22(20-21)23-15-9-16-27-26-14-4-7-19-30(26)32(31(23)27)28-17-5-2-12-24(28)25-13-3-6-18-29(25)32;1-16-10-12-20-21-13-11-17(27)15-25(21)26(24(20)14-16)22-8-4-2-6-18(22)19-7-3-5-9-23(19)26;1-18-12-14-22-23-15-13-21(27)17-25(23)26(24(22)16-18,19-8-4-2-5-9-19)20-10-6-3-7-11-20;1-10-4-6-12-13-7-5-11(17)9-15(13)16(2,3)14(12)8-10;1-10-4-2-3-5-12(10)11-6-8-13-9-7-11;1-10-7-8-12(13-9-10)11-5-3-2-4-6-11/h2-20H,1H3;2-15H,1H3;2-17H,1H3;4-9H,1-3H3;2*2-9H,1H3. The quantitative estimate of drug-likeness (QED) is 0.172. The van der Waals surface area contributed by atoms with E-state index in [1.165, 1.54) is 167 Å². The number of hydrogen-bond donors (Lipinski definition) is 0. The van der Waals surface area contributed by atoms with Crippen LogP contribution in [0.3, 0.4) is 0 Å². The van der Waals surface area contributed by atoms with E-state index in [1.807, 2.05) is 92.2 Å². The van der Waals surface area contributed by atoms with Crippen molar-refractivity contribution in [2.45, 2.75) is 77.0 Å². The number of hydrogen-bond acceptors (Lipinski definition) is 2. The summed E-state index contributed by atoms with van der Waals surface area (Å²) in [6, 6.07) is 143. The Balaban J connectivity index is 0.000000100. The molecule has 622 valence electrons. The summed E-state index contributed by atoms with van der Waals surface area (Å²) in [7, 11) is 0. The highest BCUT2D eigenvalue weighted by Gasteiger charge is 2.54. The van der Waals surface area contributed by atoms with Crippen LogP contribution < -0.4 is 0 Å². The molecule has 25 rings (SSSR count). The first kappa shape index (κ1) is 82.1. The van der Waals surface area contributed by atoms with Gasteiger partial charge in [-0.25, -0.2) is 13.2 Å². The Morgan fingerprint density at radius 3 is 1.00 bits per heavy atom. The van der Waals surface area contributed by atoms with E-state index in [9.17, 15) is 13.2 Å². The van der Waals surface area contributed by atoms with E-state index in [2.05, 4.69) is 368 Å². The monoisotopic (exact) mass is 1670 g/mol.